The number of rotatable bonds is 6. The number of urea groups is 1. The van der Waals surface area contributed by atoms with Crippen molar-refractivity contribution in [3.8, 4) is 0 Å². The standard InChI is InChI=1S/C20H25ClN4O2/c1-13(2)12-22-19(26)17-11-16(9-10-18(17)25(3)4)24-20(27)23-15-7-5-14(21)6-8-15/h5-11,13H,12H2,1-4H3,(H,22,26)(H2,23,24,27). The summed E-state index contributed by atoms with van der Waals surface area (Å²) in [5, 5.41) is 8.98. The Morgan fingerprint density at radius 3 is 2.19 bits per heavy atom. The molecule has 0 atom stereocenters. The summed E-state index contributed by atoms with van der Waals surface area (Å²) >= 11 is 5.84. The maximum Gasteiger partial charge on any atom is 0.323 e. The second-order valence-electron chi connectivity index (χ2n) is 6.82. The van der Waals surface area contributed by atoms with E-state index < -0.39 is 6.03 Å². The molecule has 2 rings (SSSR count). The summed E-state index contributed by atoms with van der Waals surface area (Å²) in [7, 11) is 3.74. The number of halogens is 1. The van der Waals surface area contributed by atoms with Crippen molar-refractivity contribution in [3.05, 3.63) is 53.1 Å². The van der Waals surface area contributed by atoms with Gasteiger partial charge in [-0.15, -0.1) is 0 Å². The summed E-state index contributed by atoms with van der Waals surface area (Å²) in [5.74, 6) is 0.178. The molecule has 2 aromatic rings. The van der Waals surface area contributed by atoms with Crippen molar-refractivity contribution in [3.63, 3.8) is 0 Å². The molecule has 3 amide bonds. The van der Waals surface area contributed by atoms with Gasteiger partial charge in [0, 0.05) is 42.7 Å². The monoisotopic (exact) mass is 388 g/mol. The van der Waals surface area contributed by atoms with Crippen molar-refractivity contribution >= 4 is 40.6 Å². The molecule has 0 aliphatic carbocycles. The number of hydrogen-bond acceptors (Lipinski definition) is 3. The molecular weight excluding hydrogens is 364 g/mol. The van der Waals surface area contributed by atoms with Gasteiger partial charge in [0.05, 0.1) is 5.56 Å². The van der Waals surface area contributed by atoms with Crippen LogP contribution in [0.2, 0.25) is 5.02 Å². The minimum atomic E-state index is -0.400. The summed E-state index contributed by atoms with van der Waals surface area (Å²) in [6.45, 7) is 4.65. The van der Waals surface area contributed by atoms with Gasteiger partial charge < -0.3 is 20.9 Å². The van der Waals surface area contributed by atoms with Gasteiger partial charge in [-0.2, -0.15) is 0 Å². The van der Waals surface area contributed by atoms with E-state index in [9.17, 15) is 9.59 Å². The lowest BCUT2D eigenvalue weighted by Gasteiger charge is -2.19. The third-order valence-electron chi connectivity index (χ3n) is 3.75. The predicted octanol–water partition coefficient (Wildman–Crippen LogP) is 4.44. The Morgan fingerprint density at radius 1 is 1.00 bits per heavy atom. The maximum absolute atomic E-state index is 12.6. The molecule has 0 saturated heterocycles. The van der Waals surface area contributed by atoms with Crippen LogP contribution in [0.1, 0.15) is 24.2 Å². The number of anilines is 3. The fourth-order valence-electron chi connectivity index (χ4n) is 2.40. The Hall–Kier alpha value is -2.73. The van der Waals surface area contributed by atoms with E-state index in [1.807, 2.05) is 38.9 Å². The lowest BCUT2D eigenvalue weighted by Crippen LogP contribution is -2.29. The van der Waals surface area contributed by atoms with Crippen LogP contribution in [0.25, 0.3) is 0 Å². The van der Waals surface area contributed by atoms with Gasteiger partial charge in [-0.1, -0.05) is 25.4 Å². The third-order valence-corrected chi connectivity index (χ3v) is 4.01. The molecule has 0 fully saturated rings. The van der Waals surface area contributed by atoms with E-state index in [-0.39, 0.29) is 5.91 Å². The zero-order valence-electron chi connectivity index (χ0n) is 16.0. The van der Waals surface area contributed by atoms with Crippen molar-refractivity contribution < 1.29 is 9.59 Å². The molecule has 0 heterocycles. The molecule has 0 spiro atoms. The Labute approximate surface area is 164 Å². The zero-order chi connectivity index (χ0) is 20.0. The molecular formula is C20H25ClN4O2. The van der Waals surface area contributed by atoms with Gasteiger partial charge >= 0.3 is 6.03 Å². The van der Waals surface area contributed by atoms with Crippen molar-refractivity contribution in [2.75, 3.05) is 36.2 Å². The minimum absolute atomic E-state index is 0.172. The second kappa shape index (κ2) is 9.28. The van der Waals surface area contributed by atoms with Crippen molar-refractivity contribution in [1.82, 2.24) is 5.32 Å². The number of benzene rings is 2. The largest absolute Gasteiger partial charge is 0.377 e. The smallest absolute Gasteiger partial charge is 0.323 e. The van der Waals surface area contributed by atoms with Gasteiger partial charge in [-0.05, 0) is 48.4 Å². The molecule has 0 radical (unpaired) electrons. The van der Waals surface area contributed by atoms with E-state index in [1.165, 1.54) is 0 Å². The molecule has 0 aliphatic rings. The lowest BCUT2D eigenvalue weighted by molar-refractivity contribution is 0.0949. The third kappa shape index (κ3) is 6.18. The number of carbonyl (C=O) groups is 2. The van der Waals surface area contributed by atoms with Crippen LogP contribution in [0.4, 0.5) is 21.9 Å². The van der Waals surface area contributed by atoms with Crippen LogP contribution in [0.5, 0.6) is 0 Å². The molecule has 0 aliphatic heterocycles. The molecule has 3 N–H and O–H groups in total. The summed E-state index contributed by atoms with van der Waals surface area (Å²) in [4.78, 5) is 26.6. The van der Waals surface area contributed by atoms with E-state index in [0.717, 1.165) is 5.69 Å². The summed E-state index contributed by atoms with van der Waals surface area (Å²) in [6, 6.07) is 11.7. The van der Waals surface area contributed by atoms with E-state index in [2.05, 4.69) is 16.0 Å². The van der Waals surface area contributed by atoms with Gasteiger partial charge in [0.15, 0.2) is 0 Å². The predicted molar refractivity (Wildman–Crippen MR) is 112 cm³/mol. The van der Waals surface area contributed by atoms with Crippen molar-refractivity contribution in [1.29, 1.82) is 0 Å². The first-order chi connectivity index (χ1) is 12.8. The molecule has 0 aromatic heterocycles. The quantitative estimate of drug-likeness (QED) is 0.685. The first kappa shape index (κ1) is 20.6. The highest BCUT2D eigenvalue weighted by molar-refractivity contribution is 6.30. The number of nitrogens with zero attached hydrogens (tertiary/aromatic N) is 1. The average molecular weight is 389 g/mol. The highest BCUT2D eigenvalue weighted by Crippen LogP contribution is 2.23. The molecule has 6 nitrogen and oxygen atoms in total. The Balaban J connectivity index is 2.14. The van der Waals surface area contributed by atoms with E-state index in [0.29, 0.717) is 34.4 Å². The van der Waals surface area contributed by atoms with E-state index in [1.54, 1.807) is 36.4 Å². The van der Waals surface area contributed by atoms with E-state index >= 15 is 0 Å². The summed E-state index contributed by atoms with van der Waals surface area (Å²) in [5.41, 5.74) is 2.43. The fourth-order valence-corrected chi connectivity index (χ4v) is 2.53. The lowest BCUT2D eigenvalue weighted by atomic mass is 10.1. The Kier molecular flexibility index (Phi) is 7.07. The van der Waals surface area contributed by atoms with Gasteiger partial charge in [-0.3, -0.25) is 4.79 Å². The Morgan fingerprint density at radius 2 is 1.59 bits per heavy atom. The molecule has 0 saturated carbocycles. The fraction of sp³-hybridized carbons (Fsp3) is 0.300. The van der Waals surface area contributed by atoms with Gasteiger partial charge in [0.2, 0.25) is 0 Å². The molecule has 7 heteroatoms. The first-order valence-electron chi connectivity index (χ1n) is 8.69. The van der Waals surface area contributed by atoms with Crippen molar-refractivity contribution in [2.24, 2.45) is 5.92 Å². The number of carbonyl (C=O) groups excluding carboxylic acids is 2. The average Bonchev–Trinajstić information content (AvgIpc) is 2.61. The number of amides is 3. The number of hydrogen-bond donors (Lipinski definition) is 3. The highest BCUT2D eigenvalue weighted by Gasteiger charge is 2.15. The first-order valence-corrected chi connectivity index (χ1v) is 9.07. The van der Waals surface area contributed by atoms with E-state index in [4.69, 9.17) is 11.6 Å². The maximum atomic E-state index is 12.6. The van der Waals surface area contributed by atoms with Crippen LogP contribution in [-0.4, -0.2) is 32.6 Å². The topological polar surface area (TPSA) is 73.5 Å². The molecule has 0 unspecified atom stereocenters. The second-order valence-corrected chi connectivity index (χ2v) is 7.25. The Bertz CT molecular complexity index is 804. The van der Waals surface area contributed by atoms with Crippen LogP contribution < -0.4 is 20.9 Å². The number of nitrogens with one attached hydrogen (secondary N) is 3. The molecule has 144 valence electrons. The van der Waals surface area contributed by atoms with Gasteiger partial charge in [0.25, 0.3) is 5.91 Å². The van der Waals surface area contributed by atoms with Crippen LogP contribution in [0.15, 0.2) is 42.5 Å². The minimum Gasteiger partial charge on any atom is -0.377 e. The zero-order valence-corrected chi connectivity index (χ0v) is 16.7. The molecule has 27 heavy (non-hydrogen) atoms. The SMILES string of the molecule is CC(C)CNC(=O)c1cc(NC(=O)Nc2ccc(Cl)cc2)ccc1N(C)C. The summed E-state index contributed by atoms with van der Waals surface area (Å²) in [6.07, 6.45) is 0. The van der Waals surface area contributed by atoms with Crippen LogP contribution in [-0.2, 0) is 0 Å². The highest BCUT2D eigenvalue weighted by atomic mass is 35.5. The van der Waals surface area contributed by atoms with Gasteiger partial charge in [-0.25, -0.2) is 4.79 Å². The normalized spacial score (nSPS) is 10.4. The van der Waals surface area contributed by atoms with Crippen LogP contribution in [0, 0.1) is 5.92 Å². The van der Waals surface area contributed by atoms with Gasteiger partial charge in [0.1, 0.15) is 0 Å². The van der Waals surface area contributed by atoms with Crippen molar-refractivity contribution in [2.45, 2.75) is 13.8 Å². The summed E-state index contributed by atoms with van der Waals surface area (Å²) < 4.78 is 0. The van der Waals surface area contributed by atoms with Crippen LogP contribution >= 0.6 is 11.6 Å². The molecule has 2 aromatic carbocycles. The van der Waals surface area contributed by atoms with Crippen LogP contribution in [0.3, 0.4) is 0 Å². The molecule has 0 bridgehead atoms.